The van der Waals surface area contributed by atoms with E-state index in [9.17, 15) is 4.79 Å². The van der Waals surface area contributed by atoms with Crippen molar-refractivity contribution in [3.05, 3.63) is 54.2 Å². The lowest BCUT2D eigenvalue weighted by Gasteiger charge is -2.15. The normalized spacial score (nSPS) is 10.9. The van der Waals surface area contributed by atoms with Crippen LogP contribution in [0, 0.1) is 0 Å². The Balaban J connectivity index is 2.04. The Bertz CT molecular complexity index is 849. The number of carbonyl (C=O) groups excluding carboxylic acids is 1. The Morgan fingerprint density at radius 1 is 1.09 bits per heavy atom. The van der Waals surface area contributed by atoms with Crippen LogP contribution < -0.4 is 5.73 Å². The van der Waals surface area contributed by atoms with Crippen molar-refractivity contribution in [2.45, 2.75) is 12.8 Å². The van der Waals surface area contributed by atoms with Gasteiger partial charge < -0.3 is 15.6 Å². The quantitative estimate of drug-likeness (QED) is 0.725. The van der Waals surface area contributed by atoms with Crippen molar-refractivity contribution >= 4 is 22.5 Å². The van der Waals surface area contributed by atoms with E-state index in [2.05, 4.69) is 29.2 Å². The second-order valence-electron chi connectivity index (χ2n) is 5.91. The van der Waals surface area contributed by atoms with Crippen molar-refractivity contribution < 1.29 is 4.79 Å². The number of nitrogens with two attached hydrogens (primary N) is 1. The lowest BCUT2D eigenvalue weighted by Crippen LogP contribution is -2.22. The monoisotopic (exact) mass is 307 g/mol. The second-order valence-corrected chi connectivity index (χ2v) is 5.91. The molecule has 0 bridgehead atoms. The minimum absolute atomic E-state index is 0.109. The van der Waals surface area contributed by atoms with Crippen LogP contribution in [0.1, 0.15) is 12.0 Å². The third-order valence-electron chi connectivity index (χ3n) is 4.18. The van der Waals surface area contributed by atoms with Gasteiger partial charge in [-0.15, -0.1) is 0 Å². The maximum Gasteiger partial charge on any atom is 0.222 e. The van der Waals surface area contributed by atoms with Crippen molar-refractivity contribution in [2.24, 2.45) is 0 Å². The summed E-state index contributed by atoms with van der Waals surface area (Å²) in [5.41, 5.74) is 11.3. The number of anilines is 1. The van der Waals surface area contributed by atoms with Crippen molar-refractivity contribution in [1.82, 2.24) is 9.88 Å². The summed E-state index contributed by atoms with van der Waals surface area (Å²) in [4.78, 5) is 16.8. The van der Waals surface area contributed by atoms with Gasteiger partial charge in [-0.2, -0.15) is 0 Å². The van der Waals surface area contributed by atoms with Crippen molar-refractivity contribution in [3.8, 4) is 11.1 Å². The number of fused-ring (bicyclic) bond motifs is 1. The summed E-state index contributed by atoms with van der Waals surface area (Å²) in [6.45, 7) is 0. The lowest BCUT2D eigenvalue weighted by molar-refractivity contribution is -0.128. The summed E-state index contributed by atoms with van der Waals surface area (Å²) < 4.78 is 0. The van der Waals surface area contributed by atoms with E-state index in [0.717, 1.165) is 27.9 Å². The Morgan fingerprint density at radius 2 is 1.83 bits per heavy atom. The highest BCUT2D eigenvalue weighted by Crippen LogP contribution is 2.33. The standard InChI is InChI=1S/C19H21N3O/c1-22(2)18(23)10-9-15-14(6-4-8-17(15)20)16-7-3-5-13-11-12-21-19(13)16/h3-8,11-12,21H,9-10,20H2,1-2H3. The summed E-state index contributed by atoms with van der Waals surface area (Å²) >= 11 is 0. The predicted molar refractivity (Wildman–Crippen MR) is 95.2 cm³/mol. The number of rotatable bonds is 4. The third kappa shape index (κ3) is 2.93. The van der Waals surface area contributed by atoms with E-state index in [1.165, 1.54) is 5.39 Å². The maximum absolute atomic E-state index is 11.9. The highest BCUT2D eigenvalue weighted by atomic mass is 16.2. The molecule has 3 rings (SSSR count). The van der Waals surface area contributed by atoms with Gasteiger partial charge in [-0.05, 0) is 35.1 Å². The number of H-pyrrole nitrogens is 1. The van der Waals surface area contributed by atoms with Crippen LogP contribution in [0.5, 0.6) is 0 Å². The molecule has 0 aliphatic heterocycles. The summed E-state index contributed by atoms with van der Waals surface area (Å²) in [5, 5.41) is 1.17. The molecular weight excluding hydrogens is 286 g/mol. The molecule has 2 aromatic carbocycles. The molecular formula is C19H21N3O. The Labute approximate surface area is 135 Å². The van der Waals surface area contributed by atoms with Gasteiger partial charge in [0.05, 0.1) is 5.52 Å². The Kier molecular flexibility index (Phi) is 4.06. The molecule has 0 aliphatic rings. The number of nitrogens with zero attached hydrogens (tertiary/aromatic N) is 1. The SMILES string of the molecule is CN(C)C(=O)CCc1c(N)cccc1-c1cccc2cc[nH]c12. The summed E-state index contributed by atoms with van der Waals surface area (Å²) in [5.74, 6) is 0.109. The molecule has 0 saturated carbocycles. The number of carbonyl (C=O) groups is 1. The molecule has 3 N–H and O–H groups in total. The molecule has 0 spiro atoms. The van der Waals surface area contributed by atoms with Crippen molar-refractivity contribution in [2.75, 3.05) is 19.8 Å². The number of hydrogen-bond donors (Lipinski definition) is 2. The van der Waals surface area contributed by atoms with Gasteiger partial charge >= 0.3 is 0 Å². The minimum Gasteiger partial charge on any atom is -0.398 e. The smallest absolute Gasteiger partial charge is 0.222 e. The molecule has 1 aromatic heterocycles. The topological polar surface area (TPSA) is 62.1 Å². The molecule has 0 saturated heterocycles. The molecule has 0 unspecified atom stereocenters. The number of nitrogens with one attached hydrogen (secondary N) is 1. The van der Waals surface area contributed by atoms with E-state index in [-0.39, 0.29) is 5.91 Å². The average Bonchev–Trinajstić information content (AvgIpc) is 3.01. The van der Waals surface area contributed by atoms with Gasteiger partial charge in [0.25, 0.3) is 0 Å². The van der Waals surface area contributed by atoms with Crippen LogP contribution in [-0.4, -0.2) is 29.9 Å². The second kappa shape index (κ2) is 6.16. The molecule has 0 aliphatic carbocycles. The largest absolute Gasteiger partial charge is 0.398 e. The van der Waals surface area contributed by atoms with Crippen molar-refractivity contribution in [1.29, 1.82) is 0 Å². The lowest BCUT2D eigenvalue weighted by atomic mass is 9.94. The number of para-hydroxylation sites is 1. The van der Waals surface area contributed by atoms with Gasteiger partial charge in [0.15, 0.2) is 0 Å². The summed E-state index contributed by atoms with van der Waals surface area (Å²) in [6.07, 6.45) is 3.03. The van der Waals surface area contributed by atoms with Gasteiger partial charge in [-0.1, -0.05) is 30.3 Å². The highest BCUT2D eigenvalue weighted by Gasteiger charge is 2.13. The number of nitrogen functional groups attached to an aromatic ring is 1. The van der Waals surface area contributed by atoms with Gasteiger partial charge in [0, 0.05) is 38.0 Å². The first-order valence-electron chi connectivity index (χ1n) is 7.72. The number of aromatic amines is 1. The van der Waals surface area contributed by atoms with Crippen LogP contribution in [-0.2, 0) is 11.2 Å². The Hall–Kier alpha value is -2.75. The molecule has 4 heteroatoms. The van der Waals surface area contributed by atoms with Gasteiger partial charge in [-0.25, -0.2) is 0 Å². The first-order chi connectivity index (χ1) is 11.1. The number of aromatic nitrogens is 1. The van der Waals surface area contributed by atoms with Crippen LogP contribution >= 0.6 is 0 Å². The predicted octanol–water partition coefficient (Wildman–Crippen LogP) is 3.44. The fourth-order valence-corrected chi connectivity index (χ4v) is 2.90. The van der Waals surface area contributed by atoms with Gasteiger partial charge in [0.1, 0.15) is 0 Å². The maximum atomic E-state index is 11.9. The minimum atomic E-state index is 0.109. The van der Waals surface area contributed by atoms with Crippen LogP contribution in [0.25, 0.3) is 22.0 Å². The van der Waals surface area contributed by atoms with Crippen molar-refractivity contribution in [3.63, 3.8) is 0 Å². The Morgan fingerprint density at radius 3 is 2.61 bits per heavy atom. The van der Waals surface area contributed by atoms with E-state index >= 15 is 0 Å². The van der Waals surface area contributed by atoms with Crippen LogP contribution in [0.15, 0.2) is 48.7 Å². The number of hydrogen-bond acceptors (Lipinski definition) is 2. The zero-order valence-corrected chi connectivity index (χ0v) is 13.5. The molecule has 0 radical (unpaired) electrons. The zero-order chi connectivity index (χ0) is 16.4. The molecule has 1 amide bonds. The van der Waals surface area contributed by atoms with Crippen LogP contribution in [0.4, 0.5) is 5.69 Å². The van der Waals surface area contributed by atoms with Gasteiger partial charge in [0.2, 0.25) is 5.91 Å². The highest BCUT2D eigenvalue weighted by molar-refractivity contribution is 5.95. The van der Waals surface area contributed by atoms with Crippen LogP contribution in [0.2, 0.25) is 0 Å². The third-order valence-corrected chi connectivity index (χ3v) is 4.18. The molecule has 3 aromatic rings. The fraction of sp³-hybridized carbons (Fsp3) is 0.211. The first-order valence-corrected chi connectivity index (χ1v) is 7.72. The zero-order valence-electron chi connectivity index (χ0n) is 13.5. The summed E-state index contributed by atoms with van der Waals surface area (Å²) in [7, 11) is 3.55. The molecule has 23 heavy (non-hydrogen) atoms. The molecule has 0 atom stereocenters. The van der Waals surface area contributed by atoms with E-state index in [4.69, 9.17) is 5.73 Å². The molecule has 0 fully saturated rings. The molecule has 4 nitrogen and oxygen atoms in total. The van der Waals surface area contributed by atoms with E-state index in [1.54, 1.807) is 19.0 Å². The molecule has 118 valence electrons. The van der Waals surface area contributed by atoms with Crippen LogP contribution in [0.3, 0.4) is 0 Å². The van der Waals surface area contributed by atoms with E-state index < -0.39 is 0 Å². The number of benzene rings is 2. The van der Waals surface area contributed by atoms with Gasteiger partial charge in [-0.3, -0.25) is 4.79 Å². The van der Waals surface area contributed by atoms with E-state index in [1.807, 2.05) is 24.4 Å². The van der Waals surface area contributed by atoms with E-state index in [0.29, 0.717) is 12.8 Å². The fourth-order valence-electron chi connectivity index (χ4n) is 2.90. The molecule has 1 heterocycles. The number of amides is 1. The average molecular weight is 307 g/mol. The summed E-state index contributed by atoms with van der Waals surface area (Å²) in [6, 6.07) is 14.2. The first kappa shape index (κ1) is 15.2.